The van der Waals surface area contributed by atoms with Gasteiger partial charge in [0.2, 0.25) is 5.89 Å². The number of hydrogen-bond donors (Lipinski definition) is 1. The molecule has 1 fully saturated rings. The van der Waals surface area contributed by atoms with Crippen LogP contribution >= 0.6 is 0 Å². The van der Waals surface area contributed by atoms with E-state index < -0.39 is 0 Å². The van der Waals surface area contributed by atoms with E-state index in [9.17, 15) is 0 Å². The summed E-state index contributed by atoms with van der Waals surface area (Å²) in [7, 11) is 3.72. The average molecular weight is 253 g/mol. The Bertz CT molecular complexity index is 354. The molecule has 18 heavy (non-hydrogen) atoms. The van der Waals surface area contributed by atoms with E-state index in [1.54, 1.807) is 7.11 Å². The van der Waals surface area contributed by atoms with E-state index in [2.05, 4.69) is 15.5 Å². The van der Waals surface area contributed by atoms with Crippen molar-refractivity contribution in [3.63, 3.8) is 0 Å². The van der Waals surface area contributed by atoms with Gasteiger partial charge in [-0.1, -0.05) is 18.0 Å². The van der Waals surface area contributed by atoms with E-state index in [1.807, 2.05) is 7.05 Å². The molecule has 1 N–H and O–H groups in total. The van der Waals surface area contributed by atoms with Crippen LogP contribution in [0.3, 0.4) is 0 Å². The van der Waals surface area contributed by atoms with Crippen LogP contribution in [0, 0.1) is 0 Å². The van der Waals surface area contributed by atoms with Gasteiger partial charge in [0.15, 0.2) is 5.82 Å². The molecule has 1 heterocycles. The van der Waals surface area contributed by atoms with Crippen molar-refractivity contribution in [3.8, 4) is 0 Å². The zero-order valence-electron chi connectivity index (χ0n) is 11.3. The highest BCUT2D eigenvalue weighted by Crippen LogP contribution is 2.31. The Morgan fingerprint density at radius 3 is 3.00 bits per heavy atom. The van der Waals surface area contributed by atoms with Crippen LogP contribution in [0.5, 0.6) is 0 Å². The third-order valence-corrected chi connectivity index (χ3v) is 3.69. The number of aryl methyl sites for hydroxylation is 1. The molecular weight excluding hydrogens is 230 g/mol. The lowest BCUT2D eigenvalue weighted by Gasteiger charge is -2.28. The minimum Gasteiger partial charge on any atom is -0.385 e. The van der Waals surface area contributed by atoms with E-state index in [1.165, 1.54) is 19.3 Å². The first-order valence-electron chi connectivity index (χ1n) is 6.84. The van der Waals surface area contributed by atoms with Crippen LogP contribution < -0.4 is 5.32 Å². The van der Waals surface area contributed by atoms with Gasteiger partial charge in [-0.3, -0.25) is 0 Å². The van der Waals surface area contributed by atoms with Crippen LogP contribution in [-0.4, -0.2) is 36.9 Å². The predicted molar refractivity (Wildman–Crippen MR) is 68.6 cm³/mol. The fourth-order valence-corrected chi connectivity index (χ4v) is 2.67. The van der Waals surface area contributed by atoms with E-state index in [0.29, 0.717) is 12.0 Å². The predicted octanol–water partition coefficient (Wildman–Crippen LogP) is 1.89. The summed E-state index contributed by atoms with van der Waals surface area (Å²) in [6.45, 7) is 0.743. The van der Waals surface area contributed by atoms with E-state index in [-0.39, 0.29) is 0 Å². The molecule has 102 valence electrons. The molecule has 2 atom stereocenters. The summed E-state index contributed by atoms with van der Waals surface area (Å²) in [4.78, 5) is 4.53. The molecule has 1 aliphatic rings. The zero-order chi connectivity index (χ0) is 12.8. The topological polar surface area (TPSA) is 60.2 Å². The smallest absolute Gasteiger partial charge is 0.231 e. The maximum atomic E-state index is 5.42. The van der Waals surface area contributed by atoms with Crippen LogP contribution in [-0.2, 0) is 11.2 Å². The summed E-state index contributed by atoms with van der Waals surface area (Å²) in [6, 6.07) is 0.478. The van der Waals surface area contributed by atoms with Gasteiger partial charge < -0.3 is 14.6 Å². The standard InChI is InChI=1S/C13H23N3O2/c1-14-11-7-4-3-6-10(11)13-15-12(16-18-13)8-5-9-17-2/h10-11,14H,3-9H2,1-2H3. The molecule has 0 saturated heterocycles. The molecule has 0 amide bonds. The van der Waals surface area contributed by atoms with Crippen LogP contribution in [0.15, 0.2) is 4.52 Å². The van der Waals surface area contributed by atoms with Crippen molar-refractivity contribution in [1.82, 2.24) is 15.5 Å². The Morgan fingerprint density at radius 2 is 2.22 bits per heavy atom. The highest BCUT2D eigenvalue weighted by atomic mass is 16.5. The van der Waals surface area contributed by atoms with Gasteiger partial charge in [0.05, 0.1) is 5.92 Å². The van der Waals surface area contributed by atoms with Gasteiger partial charge in [0, 0.05) is 26.2 Å². The van der Waals surface area contributed by atoms with Crippen molar-refractivity contribution in [2.75, 3.05) is 20.8 Å². The first kappa shape index (κ1) is 13.5. The molecule has 0 radical (unpaired) electrons. The van der Waals surface area contributed by atoms with Gasteiger partial charge in [-0.05, 0) is 26.3 Å². The van der Waals surface area contributed by atoms with E-state index in [0.717, 1.165) is 37.6 Å². The van der Waals surface area contributed by atoms with Gasteiger partial charge in [-0.15, -0.1) is 0 Å². The molecule has 1 aromatic heterocycles. The van der Waals surface area contributed by atoms with Gasteiger partial charge in [-0.25, -0.2) is 0 Å². The second kappa shape index (κ2) is 6.85. The van der Waals surface area contributed by atoms with E-state index in [4.69, 9.17) is 9.26 Å². The van der Waals surface area contributed by atoms with Gasteiger partial charge >= 0.3 is 0 Å². The minimum absolute atomic E-state index is 0.382. The molecular formula is C13H23N3O2. The maximum absolute atomic E-state index is 5.42. The quantitative estimate of drug-likeness (QED) is 0.785. The SMILES string of the molecule is CNC1CCCCC1c1nc(CCCOC)no1. The monoisotopic (exact) mass is 253 g/mol. The van der Waals surface area contributed by atoms with Crippen LogP contribution in [0.25, 0.3) is 0 Å². The molecule has 5 heteroatoms. The van der Waals surface area contributed by atoms with Gasteiger partial charge in [0.1, 0.15) is 0 Å². The summed E-state index contributed by atoms with van der Waals surface area (Å²) in [6.07, 6.45) is 6.65. The Labute approximate surface area is 108 Å². The summed E-state index contributed by atoms with van der Waals surface area (Å²) >= 11 is 0. The van der Waals surface area contributed by atoms with Crippen molar-refractivity contribution in [2.24, 2.45) is 0 Å². The van der Waals surface area contributed by atoms with Crippen LogP contribution in [0.2, 0.25) is 0 Å². The third kappa shape index (κ3) is 3.29. The number of likely N-dealkylation sites (N-methyl/N-ethyl adjacent to an activating group) is 1. The molecule has 2 rings (SSSR count). The van der Waals surface area contributed by atoms with E-state index >= 15 is 0 Å². The number of rotatable bonds is 6. The average Bonchev–Trinajstić information content (AvgIpc) is 2.88. The zero-order valence-corrected chi connectivity index (χ0v) is 11.3. The summed E-state index contributed by atoms with van der Waals surface area (Å²) in [5.74, 6) is 2.00. The van der Waals surface area contributed by atoms with Crippen LogP contribution in [0.1, 0.15) is 49.7 Å². The normalized spacial score (nSPS) is 24.3. The molecule has 0 aliphatic heterocycles. The first-order valence-corrected chi connectivity index (χ1v) is 6.84. The van der Waals surface area contributed by atoms with Gasteiger partial charge in [-0.2, -0.15) is 4.98 Å². The largest absolute Gasteiger partial charge is 0.385 e. The highest BCUT2D eigenvalue weighted by Gasteiger charge is 2.29. The second-order valence-corrected chi connectivity index (χ2v) is 4.93. The first-order chi connectivity index (χ1) is 8.85. The Hall–Kier alpha value is -0.940. The molecule has 1 aromatic rings. The molecule has 5 nitrogen and oxygen atoms in total. The lowest BCUT2D eigenvalue weighted by Crippen LogP contribution is -2.34. The maximum Gasteiger partial charge on any atom is 0.231 e. The summed E-state index contributed by atoms with van der Waals surface area (Å²) < 4.78 is 10.4. The molecule has 0 bridgehead atoms. The Morgan fingerprint density at radius 1 is 1.39 bits per heavy atom. The number of methoxy groups -OCH3 is 1. The Balaban J connectivity index is 1.95. The van der Waals surface area contributed by atoms with Crippen molar-refractivity contribution in [1.29, 1.82) is 0 Å². The highest BCUT2D eigenvalue weighted by molar-refractivity contribution is 5.01. The summed E-state index contributed by atoms with van der Waals surface area (Å²) in [5, 5.41) is 7.43. The molecule has 1 saturated carbocycles. The molecule has 1 aliphatic carbocycles. The fourth-order valence-electron chi connectivity index (χ4n) is 2.67. The molecule has 0 spiro atoms. The van der Waals surface area contributed by atoms with Crippen molar-refractivity contribution < 1.29 is 9.26 Å². The Kier molecular flexibility index (Phi) is 5.13. The second-order valence-electron chi connectivity index (χ2n) is 4.93. The number of hydrogen-bond acceptors (Lipinski definition) is 5. The van der Waals surface area contributed by atoms with Crippen molar-refractivity contribution >= 4 is 0 Å². The fraction of sp³-hybridized carbons (Fsp3) is 0.846. The van der Waals surface area contributed by atoms with Crippen molar-refractivity contribution in [2.45, 2.75) is 50.5 Å². The van der Waals surface area contributed by atoms with Crippen molar-refractivity contribution in [3.05, 3.63) is 11.7 Å². The number of nitrogens with zero attached hydrogens (tertiary/aromatic N) is 2. The molecule has 0 aromatic carbocycles. The lowest BCUT2D eigenvalue weighted by molar-refractivity contribution is 0.194. The minimum atomic E-state index is 0.382. The summed E-state index contributed by atoms with van der Waals surface area (Å²) in [5.41, 5.74) is 0. The number of nitrogens with one attached hydrogen (secondary N) is 1. The van der Waals surface area contributed by atoms with Crippen LogP contribution in [0.4, 0.5) is 0 Å². The molecule has 2 unspecified atom stereocenters. The number of aromatic nitrogens is 2. The lowest BCUT2D eigenvalue weighted by atomic mass is 9.84. The van der Waals surface area contributed by atoms with Gasteiger partial charge in [0.25, 0.3) is 0 Å². The number of ether oxygens (including phenoxy) is 1. The third-order valence-electron chi connectivity index (χ3n) is 3.69.